The van der Waals surface area contributed by atoms with Crippen LogP contribution in [0.3, 0.4) is 0 Å². The average Bonchev–Trinajstić information content (AvgIpc) is 2.69. The van der Waals surface area contributed by atoms with E-state index in [0.29, 0.717) is 36.6 Å². The van der Waals surface area contributed by atoms with Crippen LogP contribution in [-0.4, -0.2) is 52.0 Å². The van der Waals surface area contributed by atoms with Gasteiger partial charge >= 0.3 is 5.97 Å². The van der Waals surface area contributed by atoms with Gasteiger partial charge in [0.15, 0.2) is 0 Å². The first-order chi connectivity index (χ1) is 12.8. The molecule has 3 rings (SSSR count). The predicted molar refractivity (Wildman–Crippen MR) is 105 cm³/mol. The minimum Gasteiger partial charge on any atom is -0.465 e. The summed E-state index contributed by atoms with van der Waals surface area (Å²) in [7, 11) is -2.18. The summed E-state index contributed by atoms with van der Waals surface area (Å²) in [5.41, 5.74) is 2.93. The Morgan fingerprint density at radius 2 is 1.67 bits per heavy atom. The van der Waals surface area contributed by atoms with Gasteiger partial charge in [-0.1, -0.05) is 24.3 Å². The quantitative estimate of drug-likeness (QED) is 0.753. The first-order valence-electron chi connectivity index (χ1n) is 8.84. The molecule has 1 fully saturated rings. The maximum atomic E-state index is 13.1. The number of para-hydroxylation sites is 1. The van der Waals surface area contributed by atoms with E-state index in [2.05, 4.69) is 0 Å². The van der Waals surface area contributed by atoms with Crippen LogP contribution in [0, 0.1) is 13.8 Å². The highest BCUT2D eigenvalue weighted by Crippen LogP contribution is 2.26. The molecule has 1 aliphatic rings. The predicted octanol–water partition coefficient (Wildman–Crippen LogP) is 2.60. The highest BCUT2D eigenvalue weighted by atomic mass is 32.2. The van der Waals surface area contributed by atoms with Gasteiger partial charge in [-0.25, -0.2) is 13.2 Å². The zero-order chi connectivity index (χ0) is 19.6. The molecule has 6 nitrogen and oxygen atoms in total. The van der Waals surface area contributed by atoms with Crippen LogP contribution in [0.1, 0.15) is 21.5 Å². The van der Waals surface area contributed by atoms with Crippen LogP contribution >= 0.6 is 0 Å². The highest BCUT2D eigenvalue weighted by molar-refractivity contribution is 7.89. The van der Waals surface area contributed by atoms with Crippen molar-refractivity contribution in [2.24, 2.45) is 0 Å². The van der Waals surface area contributed by atoms with E-state index in [0.717, 1.165) is 16.8 Å². The number of hydrogen-bond donors (Lipinski definition) is 0. The van der Waals surface area contributed by atoms with Crippen molar-refractivity contribution in [2.75, 3.05) is 38.2 Å². The van der Waals surface area contributed by atoms with Crippen LogP contribution in [0.2, 0.25) is 0 Å². The molecular weight excluding hydrogens is 364 g/mol. The van der Waals surface area contributed by atoms with Crippen LogP contribution in [0.15, 0.2) is 47.4 Å². The second-order valence-corrected chi connectivity index (χ2v) is 8.58. The third-order valence-electron chi connectivity index (χ3n) is 4.85. The largest absolute Gasteiger partial charge is 0.465 e. The summed E-state index contributed by atoms with van der Waals surface area (Å²) >= 11 is 0. The lowest BCUT2D eigenvalue weighted by Crippen LogP contribution is -2.49. The van der Waals surface area contributed by atoms with E-state index in [4.69, 9.17) is 4.74 Å². The topological polar surface area (TPSA) is 66.9 Å². The van der Waals surface area contributed by atoms with E-state index in [1.807, 2.05) is 43.0 Å². The van der Waals surface area contributed by atoms with Crippen LogP contribution in [-0.2, 0) is 14.8 Å². The van der Waals surface area contributed by atoms with E-state index >= 15 is 0 Å². The van der Waals surface area contributed by atoms with Gasteiger partial charge in [-0.05, 0) is 43.2 Å². The lowest BCUT2D eigenvalue weighted by molar-refractivity contribution is 0.0601. The SMILES string of the molecule is COC(=O)c1ccccc1N1CCN(S(=O)(=O)c2cc(C)ccc2C)CC1. The summed E-state index contributed by atoms with van der Waals surface area (Å²) in [4.78, 5) is 14.4. The normalized spacial score (nSPS) is 15.6. The van der Waals surface area contributed by atoms with Gasteiger partial charge in [-0.2, -0.15) is 4.31 Å². The third-order valence-corrected chi connectivity index (χ3v) is 6.89. The van der Waals surface area contributed by atoms with Crippen molar-refractivity contribution >= 4 is 21.7 Å². The average molecular weight is 388 g/mol. The molecule has 0 bridgehead atoms. The Bertz CT molecular complexity index is 948. The highest BCUT2D eigenvalue weighted by Gasteiger charge is 2.30. The molecule has 7 heteroatoms. The van der Waals surface area contributed by atoms with Crippen LogP contribution in [0.5, 0.6) is 0 Å². The number of piperazine rings is 1. The van der Waals surface area contributed by atoms with E-state index in [1.165, 1.54) is 11.4 Å². The molecular formula is C20H24N2O4S. The van der Waals surface area contributed by atoms with E-state index < -0.39 is 16.0 Å². The fourth-order valence-electron chi connectivity index (χ4n) is 3.33. The van der Waals surface area contributed by atoms with Gasteiger partial charge < -0.3 is 9.64 Å². The van der Waals surface area contributed by atoms with Crippen LogP contribution < -0.4 is 4.90 Å². The Kier molecular flexibility index (Phi) is 5.53. The van der Waals surface area contributed by atoms with Crippen molar-refractivity contribution in [1.82, 2.24) is 4.31 Å². The minimum atomic E-state index is -3.54. The van der Waals surface area contributed by atoms with Gasteiger partial charge in [0.1, 0.15) is 0 Å². The summed E-state index contributed by atoms with van der Waals surface area (Å²) in [5, 5.41) is 0. The number of methoxy groups -OCH3 is 1. The number of carbonyl (C=O) groups is 1. The molecule has 0 aliphatic carbocycles. The number of esters is 1. The standard InChI is InChI=1S/C20H24N2O4S/c1-15-8-9-16(2)19(14-15)27(24,25)22-12-10-21(11-13-22)18-7-5-4-6-17(18)20(23)26-3/h4-9,14H,10-13H2,1-3H3. The van der Waals surface area contributed by atoms with Crippen molar-refractivity contribution in [2.45, 2.75) is 18.7 Å². The summed E-state index contributed by atoms with van der Waals surface area (Å²) in [5.74, 6) is -0.393. The monoisotopic (exact) mass is 388 g/mol. The molecule has 0 atom stereocenters. The molecule has 0 unspecified atom stereocenters. The van der Waals surface area contributed by atoms with Gasteiger partial charge in [-0.15, -0.1) is 0 Å². The molecule has 2 aromatic rings. The Labute approximate surface area is 160 Å². The number of anilines is 1. The second-order valence-electron chi connectivity index (χ2n) is 6.67. The number of ether oxygens (including phenoxy) is 1. The third kappa shape index (κ3) is 3.84. The maximum absolute atomic E-state index is 13.1. The molecule has 0 aromatic heterocycles. The lowest BCUT2D eigenvalue weighted by atomic mass is 10.1. The minimum absolute atomic E-state index is 0.366. The Hall–Kier alpha value is -2.38. The van der Waals surface area contributed by atoms with E-state index in [9.17, 15) is 13.2 Å². The van der Waals surface area contributed by atoms with Crippen molar-refractivity contribution in [3.63, 3.8) is 0 Å². The molecule has 144 valence electrons. The van der Waals surface area contributed by atoms with Crippen molar-refractivity contribution in [3.05, 3.63) is 59.2 Å². The second kappa shape index (κ2) is 7.70. The molecule has 0 N–H and O–H groups in total. The Morgan fingerprint density at radius 3 is 2.33 bits per heavy atom. The number of aryl methyl sites for hydroxylation is 2. The first kappa shape index (κ1) is 19.4. The molecule has 1 aliphatic heterocycles. The molecule has 0 amide bonds. The van der Waals surface area contributed by atoms with Crippen LogP contribution in [0.4, 0.5) is 5.69 Å². The van der Waals surface area contributed by atoms with Gasteiger partial charge in [0.2, 0.25) is 10.0 Å². The Morgan fingerprint density at radius 1 is 1.00 bits per heavy atom. The van der Waals surface area contributed by atoms with E-state index in [-0.39, 0.29) is 0 Å². The Balaban J connectivity index is 1.80. The van der Waals surface area contributed by atoms with Crippen molar-refractivity contribution < 1.29 is 17.9 Å². The summed E-state index contributed by atoms with van der Waals surface area (Å²) in [6, 6.07) is 12.7. The number of benzene rings is 2. The number of carbonyl (C=O) groups excluding carboxylic acids is 1. The molecule has 1 heterocycles. The van der Waals surface area contributed by atoms with Gasteiger partial charge in [0.05, 0.1) is 23.3 Å². The number of hydrogen-bond acceptors (Lipinski definition) is 5. The molecule has 0 spiro atoms. The number of nitrogens with zero attached hydrogens (tertiary/aromatic N) is 2. The smallest absolute Gasteiger partial charge is 0.339 e. The van der Waals surface area contributed by atoms with Gasteiger partial charge in [0.25, 0.3) is 0 Å². The molecule has 0 radical (unpaired) electrons. The van der Waals surface area contributed by atoms with Gasteiger partial charge in [-0.3, -0.25) is 0 Å². The zero-order valence-corrected chi connectivity index (χ0v) is 16.6. The number of sulfonamides is 1. The zero-order valence-electron chi connectivity index (χ0n) is 15.8. The maximum Gasteiger partial charge on any atom is 0.339 e. The van der Waals surface area contributed by atoms with E-state index in [1.54, 1.807) is 18.2 Å². The molecule has 2 aromatic carbocycles. The van der Waals surface area contributed by atoms with Crippen LogP contribution in [0.25, 0.3) is 0 Å². The summed E-state index contributed by atoms with van der Waals surface area (Å²) in [6.45, 7) is 5.46. The summed E-state index contributed by atoms with van der Waals surface area (Å²) in [6.07, 6.45) is 0. The molecule has 27 heavy (non-hydrogen) atoms. The molecule has 1 saturated heterocycles. The number of rotatable bonds is 4. The summed E-state index contributed by atoms with van der Waals surface area (Å²) < 4.78 is 32.5. The fraction of sp³-hybridized carbons (Fsp3) is 0.350. The molecule has 0 saturated carbocycles. The fourth-order valence-corrected chi connectivity index (χ4v) is 5.06. The van der Waals surface area contributed by atoms with Gasteiger partial charge in [0, 0.05) is 26.2 Å². The van der Waals surface area contributed by atoms with Crippen molar-refractivity contribution in [1.29, 1.82) is 0 Å². The van der Waals surface area contributed by atoms with Crippen molar-refractivity contribution in [3.8, 4) is 0 Å². The first-order valence-corrected chi connectivity index (χ1v) is 10.3. The lowest BCUT2D eigenvalue weighted by Gasteiger charge is -2.36.